The number of rotatable bonds is 4. The van der Waals surface area contributed by atoms with Gasteiger partial charge < -0.3 is 16.4 Å². The fourth-order valence-electron chi connectivity index (χ4n) is 2.91. The molecule has 1 aliphatic rings. The number of halogens is 3. The van der Waals surface area contributed by atoms with Crippen LogP contribution in [0.15, 0.2) is 52.1 Å². The van der Waals surface area contributed by atoms with Crippen molar-refractivity contribution in [3.63, 3.8) is 0 Å². The number of aryl methyl sites for hydroxylation is 1. The number of hydrogen-bond donors (Lipinski definition) is 3. The Morgan fingerprint density at radius 3 is 2.43 bits per heavy atom. The van der Waals surface area contributed by atoms with Gasteiger partial charge in [0.15, 0.2) is 9.84 Å². The van der Waals surface area contributed by atoms with Crippen LogP contribution in [0.25, 0.3) is 5.69 Å². The third-order valence-electron chi connectivity index (χ3n) is 4.66. The second kappa shape index (κ2) is 7.43. The van der Waals surface area contributed by atoms with E-state index in [0.717, 1.165) is 12.5 Å². The van der Waals surface area contributed by atoms with Crippen molar-refractivity contribution < 1.29 is 21.6 Å². The second-order valence-corrected chi connectivity index (χ2v) is 8.92. The Morgan fingerprint density at radius 2 is 1.90 bits per heavy atom. The molecule has 1 aromatic carbocycles. The van der Waals surface area contributed by atoms with Gasteiger partial charge in [0.25, 0.3) is 0 Å². The molecule has 0 spiro atoms. The minimum Gasteiger partial charge on any atom is -0.332 e. The van der Waals surface area contributed by atoms with Crippen LogP contribution >= 0.6 is 0 Å². The molecular formula is C18H21F3N6O2S. The number of aromatic nitrogens is 2. The van der Waals surface area contributed by atoms with Gasteiger partial charge in [0.1, 0.15) is 5.66 Å². The molecule has 0 aliphatic carbocycles. The van der Waals surface area contributed by atoms with E-state index in [9.17, 15) is 21.6 Å². The van der Waals surface area contributed by atoms with Crippen molar-refractivity contribution in [3.8, 4) is 5.69 Å². The average Bonchev–Trinajstić information content (AvgIpc) is 3.00. The molecule has 0 bridgehead atoms. The number of nitrogens with zero attached hydrogens (tertiary/aromatic N) is 3. The summed E-state index contributed by atoms with van der Waals surface area (Å²) in [5, 5.41) is 9.74. The lowest BCUT2D eigenvalue weighted by molar-refractivity contribution is -0.101. The van der Waals surface area contributed by atoms with Gasteiger partial charge in [0, 0.05) is 12.5 Å². The van der Waals surface area contributed by atoms with Crippen LogP contribution in [0.5, 0.6) is 0 Å². The third-order valence-corrected chi connectivity index (χ3v) is 5.79. The lowest BCUT2D eigenvalue weighted by Gasteiger charge is -2.32. The third kappa shape index (κ3) is 4.33. The Bertz CT molecular complexity index is 1120. The highest BCUT2D eigenvalue weighted by atomic mass is 32.2. The minimum absolute atomic E-state index is 0.0455. The van der Waals surface area contributed by atoms with Gasteiger partial charge in [-0.25, -0.2) is 18.1 Å². The number of benzene rings is 1. The van der Waals surface area contributed by atoms with Crippen molar-refractivity contribution in [2.24, 2.45) is 10.7 Å². The average molecular weight is 442 g/mol. The molecule has 2 aromatic rings. The van der Waals surface area contributed by atoms with Crippen molar-refractivity contribution in [2.45, 2.75) is 37.0 Å². The summed E-state index contributed by atoms with van der Waals surface area (Å²) in [6.45, 7) is 3.23. The van der Waals surface area contributed by atoms with Crippen LogP contribution in [-0.4, -0.2) is 42.3 Å². The fourth-order valence-corrected chi connectivity index (χ4v) is 3.54. The number of anilines is 1. The van der Waals surface area contributed by atoms with E-state index in [1.807, 2.05) is 0 Å². The number of hydrogen-bond acceptors (Lipinski definition) is 7. The van der Waals surface area contributed by atoms with E-state index in [4.69, 9.17) is 5.73 Å². The highest BCUT2D eigenvalue weighted by Crippen LogP contribution is 2.36. The molecule has 3 rings (SSSR count). The summed E-state index contributed by atoms with van der Waals surface area (Å²) in [7, 11) is -3.32. The number of aliphatic imine (C=N–C) groups is 1. The quantitative estimate of drug-likeness (QED) is 0.670. The lowest BCUT2D eigenvalue weighted by atomic mass is 9.97. The first-order valence-electron chi connectivity index (χ1n) is 8.90. The number of sulfone groups is 1. The van der Waals surface area contributed by atoms with Crippen molar-refractivity contribution in [2.75, 3.05) is 11.6 Å². The summed E-state index contributed by atoms with van der Waals surface area (Å²) in [5.41, 5.74) is 4.69. The standard InChI is InChI=1S/C18H21F3N6O2S/c1-4-17(22)15(18(19,20)21)9-23-16(25-17)24-14-10-27(26-11(14)2)12-5-7-13(8-6-12)30(3,28)29/h5-10H,4,22H2,1-3H3,(H2,23,24,25). The highest BCUT2D eigenvalue weighted by Gasteiger charge is 2.47. The van der Waals surface area contributed by atoms with E-state index in [0.29, 0.717) is 17.1 Å². The molecular weight excluding hydrogens is 421 g/mol. The van der Waals surface area contributed by atoms with Gasteiger partial charge >= 0.3 is 6.18 Å². The highest BCUT2D eigenvalue weighted by molar-refractivity contribution is 7.90. The van der Waals surface area contributed by atoms with Gasteiger partial charge in [0.2, 0.25) is 5.96 Å². The molecule has 4 N–H and O–H groups in total. The van der Waals surface area contributed by atoms with Crippen LogP contribution < -0.4 is 16.4 Å². The molecule has 1 aliphatic heterocycles. The van der Waals surface area contributed by atoms with Crippen LogP contribution in [0.3, 0.4) is 0 Å². The molecule has 0 fully saturated rings. The smallest absolute Gasteiger partial charge is 0.332 e. The molecule has 1 aromatic heterocycles. The van der Waals surface area contributed by atoms with E-state index in [1.165, 1.54) is 23.7 Å². The maximum Gasteiger partial charge on any atom is 0.417 e. The van der Waals surface area contributed by atoms with Crippen molar-refractivity contribution >= 4 is 21.5 Å². The van der Waals surface area contributed by atoms with Crippen LogP contribution in [0.4, 0.5) is 18.9 Å². The van der Waals surface area contributed by atoms with E-state index in [-0.39, 0.29) is 17.3 Å². The predicted octanol–water partition coefficient (Wildman–Crippen LogP) is 2.47. The molecule has 0 saturated heterocycles. The van der Waals surface area contributed by atoms with Gasteiger partial charge in [0.05, 0.1) is 33.7 Å². The Labute approximate surface area is 171 Å². The first-order chi connectivity index (χ1) is 13.8. The van der Waals surface area contributed by atoms with Crippen molar-refractivity contribution in [3.05, 3.63) is 47.9 Å². The summed E-state index contributed by atoms with van der Waals surface area (Å²) >= 11 is 0. The summed E-state index contributed by atoms with van der Waals surface area (Å²) in [5.74, 6) is 0.0578. The number of guanidine groups is 1. The molecule has 30 heavy (non-hydrogen) atoms. The van der Waals surface area contributed by atoms with Crippen LogP contribution in [0, 0.1) is 6.92 Å². The Balaban J connectivity index is 1.85. The maximum absolute atomic E-state index is 13.2. The van der Waals surface area contributed by atoms with E-state index >= 15 is 0 Å². The monoisotopic (exact) mass is 442 g/mol. The molecule has 1 unspecified atom stereocenters. The molecule has 162 valence electrons. The maximum atomic E-state index is 13.2. The molecule has 0 radical (unpaired) electrons. The number of alkyl halides is 3. The second-order valence-electron chi connectivity index (χ2n) is 6.90. The first-order valence-corrected chi connectivity index (χ1v) is 10.8. The van der Waals surface area contributed by atoms with E-state index in [2.05, 4.69) is 20.7 Å². The Hall–Kier alpha value is -2.86. The number of nitrogens with two attached hydrogens (primary N) is 1. The van der Waals surface area contributed by atoms with Gasteiger partial charge in [-0.1, -0.05) is 6.92 Å². The summed E-state index contributed by atoms with van der Waals surface area (Å²) in [6.07, 6.45) is -1.11. The van der Waals surface area contributed by atoms with Crippen LogP contribution in [0.1, 0.15) is 19.0 Å². The molecule has 0 saturated carbocycles. The topological polar surface area (TPSA) is 114 Å². The van der Waals surface area contributed by atoms with Gasteiger partial charge in [-0.2, -0.15) is 18.3 Å². The lowest BCUT2D eigenvalue weighted by Crippen LogP contribution is -2.51. The molecule has 1 atom stereocenters. The SMILES string of the molecule is CCC1(N)N=C(Nc2cn(-c3ccc(S(C)(=O)=O)cc3)nc2C)NC=C1C(F)(F)F. The predicted molar refractivity (Wildman–Crippen MR) is 107 cm³/mol. The van der Waals surface area contributed by atoms with Crippen molar-refractivity contribution in [1.29, 1.82) is 0 Å². The number of nitrogens with one attached hydrogen (secondary N) is 2. The molecule has 12 heteroatoms. The zero-order valence-electron chi connectivity index (χ0n) is 16.4. The van der Waals surface area contributed by atoms with Gasteiger partial charge in [-0.3, -0.25) is 0 Å². The van der Waals surface area contributed by atoms with Crippen LogP contribution in [0.2, 0.25) is 0 Å². The zero-order chi connectivity index (χ0) is 22.3. The summed E-state index contributed by atoms with van der Waals surface area (Å²) in [4.78, 5) is 4.20. The Morgan fingerprint density at radius 1 is 1.27 bits per heavy atom. The fraction of sp³-hybridized carbons (Fsp3) is 0.333. The van der Waals surface area contributed by atoms with E-state index in [1.54, 1.807) is 25.3 Å². The molecule has 8 nitrogen and oxygen atoms in total. The van der Waals surface area contributed by atoms with E-state index < -0.39 is 27.2 Å². The minimum atomic E-state index is -4.61. The molecule has 0 amide bonds. The van der Waals surface area contributed by atoms with Crippen molar-refractivity contribution in [1.82, 2.24) is 15.1 Å². The largest absolute Gasteiger partial charge is 0.417 e. The van der Waals surface area contributed by atoms with Gasteiger partial charge in [-0.15, -0.1) is 0 Å². The summed E-state index contributed by atoms with van der Waals surface area (Å²) in [6, 6.07) is 6.14. The Kier molecular flexibility index (Phi) is 5.41. The van der Waals surface area contributed by atoms with Crippen LogP contribution in [-0.2, 0) is 9.84 Å². The van der Waals surface area contributed by atoms with Gasteiger partial charge in [-0.05, 0) is 37.6 Å². The normalized spacial score (nSPS) is 19.7. The zero-order valence-corrected chi connectivity index (χ0v) is 17.3. The first kappa shape index (κ1) is 21.8. The summed E-state index contributed by atoms with van der Waals surface area (Å²) < 4.78 is 64.3. The molecule has 2 heterocycles.